The summed E-state index contributed by atoms with van der Waals surface area (Å²) < 4.78 is 1.27. The molecule has 6 heteroatoms. The normalized spacial score (nSPS) is 12.0. The predicted molar refractivity (Wildman–Crippen MR) is 92.5 cm³/mol. The second-order valence-corrected chi connectivity index (χ2v) is 5.94. The van der Waals surface area contributed by atoms with Crippen LogP contribution in [-0.2, 0) is 16.0 Å². The van der Waals surface area contributed by atoms with Gasteiger partial charge in [0.1, 0.15) is 11.7 Å². The Bertz CT molecular complexity index is 782. The van der Waals surface area contributed by atoms with E-state index in [2.05, 4.69) is 5.32 Å². The highest BCUT2D eigenvalue weighted by molar-refractivity contribution is 5.92. The first-order valence-corrected chi connectivity index (χ1v) is 7.74. The van der Waals surface area contributed by atoms with Crippen LogP contribution in [0.25, 0.3) is 0 Å². The standard InChI is InChI=1S/C18H21N3O3/c1-12(2)16(17(19)23)21-10-6-9-14(18(21)24)20-15(22)11-13-7-4-3-5-8-13/h3-10,12,16H,11H2,1-2H3,(H2,19,23)(H,20,22). The van der Waals surface area contributed by atoms with Crippen LogP contribution in [0, 0.1) is 5.92 Å². The Balaban J connectivity index is 2.23. The monoisotopic (exact) mass is 327 g/mol. The van der Waals surface area contributed by atoms with Gasteiger partial charge < -0.3 is 15.6 Å². The van der Waals surface area contributed by atoms with Crippen molar-refractivity contribution in [2.45, 2.75) is 26.3 Å². The third-order valence-corrected chi connectivity index (χ3v) is 3.68. The number of carbonyl (C=O) groups excluding carboxylic acids is 2. The van der Waals surface area contributed by atoms with Crippen molar-refractivity contribution in [1.82, 2.24) is 4.57 Å². The van der Waals surface area contributed by atoms with E-state index in [-0.39, 0.29) is 23.9 Å². The van der Waals surface area contributed by atoms with Gasteiger partial charge in [-0.1, -0.05) is 44.2 Å². The first-order valence-electron chi connectivity index (χ1n) is 7.74. The molecule has 1 aromatic carbocycles. The van der Waals surface area contributed by atoms with Gasteiger partial charge in [0, 0.05) is 6.20 Å². The maximum Gasteiger partial charge on any atom is 0.275 e. The van der Waals surface area contributed by atoms with Crippen molar-refractivity contribution in [2.24, 2.45) is 11.7 Å². The summed E-state index contributed by atoms with van der Waals surface area (Å²) in [6.45, 7) is 3.62. The minimum atomic E-state index is -0.761. The number of hydrogen-bond acceptors (Lipinski definition) is 3. The SMILES string of the molecule is CC(C)C(C(N)=O)n1cccc(NC(=O)Cc2ccccc2)c1=O. The van der Waals surface area contributed by atoms with Crippen molar-refractivity contribution in [3.05, 3.63) is 64.6 Å². The zero-order valence-electron chi connectivity index (χ0n) is 13.7. The highest BCUT2D eigenvalue weighted by Crippen LogP contribution is 2.16. The van der Waals surface area contributed by atoms with Gasteiger partial charge in [0.25, 0.3) is 5.56 Å². The van der Waals surface area contributed by atoms with Gasteiger partial charge in [-0.2, -0.15) is 0 Å². The summed E-state index contributed by atoms with van der Waals surface area (Å²) in [5.41, 5.74) is 5.94. The summed E-state index contributed by atoms with van der Waals surface area (Å²) in [5.74, 6) is -1.02. The number of benzene rings is 1. The van der Waals surface area contributed by atoms with E-state index < -0.39 is 17.5 Å². The van der Waals surface area contributed by atoms with Crippen molar-refractivity contribution in [2.75, 3.05) is 5.32 Å². The molecule has 2 aromatic rings. The van der Waals surface area contributed by atoms with Crippen molar-refractivity contribution < 1.29 is 9.59 Å². The molecule has 0 spiro atoms. The number of aromatic nitrogens is 1. The minimum absolute atomic E-state index is 0.130. The van der Waals surface area contributed by atoms with Gasteiger partial charge in [-0.15, -0.1) is 0 Å². The van der Waals surface area contributed by atoms with E-state index >= 15 is 0 Å². The molecule has 0 aliphatic heterocycles. The number of pyridine rings is 1. The fourth-order valence-electron chi connectivity index (χ4n) is 2.59. The summed E-state index contributed by atoms with van der Waals surface area (Å²) in [4.78, 5) is 36.3. The molecule has 1 atom stereocenters. The number of carbonyl (C=O) groups is 2. The Morgan fingerprint density at radius 1 is 1.12 bits per heavy atom. The second-order valence-electron chi connectivity index (χ2n) is 5.94. The summed E-state index contributed by atoms with van der Waals surface area (Å²) >= 11 is 0. The summed E-state index contributed by atoms with van der Waals surface area (Å²) in [6.07, 6.45) is 1.67. The van der Waals surface area contributed by atoms with Crippen molar-refractivity contribution >= 4 is 17.5 Å². The van der Waals surface area contributed by atoms with Crippen LogP contribution in [0.4, 0.5) is 5.69 Å². The Labute approximate surface area is 140 Å². The molecule has 0 saturated heterocycles. The lowest BCUT2D eigenvalue weighted by Gasteiger charge is -2.20. The Morgan fingerprint density at radius 2 is 1.79 bits per heavy atom. The molecule has 0 bridgehead atoms. The number of nitrogens with two attached hydrogens (primary N) is 1. The molecular weight excluding hydrogens is 306 g/mol. The molecule has 3 N–H and O–H groups in total. The van der Waals surface area contributed by atoms with Gasteiger partial charge in [0.15, 0.2) is 0 Å². The molecule has 2 rings (SSSR count). The largest absolute Gasteiger partial charge is 0.368 e. The fourth-order valence-corrected chi connectivity index (χ4v) is 2.59. The summed E-state index contributed by atoms with van der Waals surface area (Å²) in [5, 5.41) is 2.61. The molecule has 0 fully saturated rings. The van der Waals surface area contributed by atoms with E-state index in [0.717, 1.165) is 5.56 Å². The van der Waals surface area contributed by atoms with E-state index in [1.54, 1.807) is 6.07 Å². The molecule has 0 aliphatic rings. The van der Waals surface area contributed by atoms with Crippen LogP contribution >= 0.6 is 0 Å². The van der Waals surface area contributed by atoms with Gasteiger partial charge in [-0.3, -0.25) is 14.4 Å². The smallest absolute Gasteiger partial charge is 0.275 e. The number of nitrogens with zero attached hydrogens (tertiary/aromatic N) is 1. The molecule has 6 nitrogen and oxygen atoms in total. The lowest BCUT2D eigenvalue weighted by molar-refractivity contribution is -0.122. The number of anilines is 1. The summed E-state index contributed by atoms with van der Waals surface area (Å²) in [6, 6.07) is 11.6. The first-order chi connectivity index (χ1) is 11.4. The van der Waals surface area contributed by atoms with Crippen LogP contribution in [0.2, 0.25) is 0 Å². The Morgan fingerprint density at radius 3 is 2.38 bits per heavy atom. The molecule has 24 heavy (non-hydrogen) atoms. The van der Waals surface area contributed by atoms with Crippen molar-refractivity contribution in [1.29, 1.82) is 0 Å². The molecule has 0 aliphatic carbocycles. The van der Waals surface area contributed by atoms with Crippen LogP contribution in [0.1, 0.15) is 25.5 Å². The molecular formula is C18H21N3O3. The summed E-state index contributed by atoms with van der Waals surface area (Å²) in [7, 11) is 0. The van der Waals surface area contributed by atoms with Crippen LogP contribution in [0.15, 0.2) is 53.5 Å². The predicted octanol–water partition coefficient (Wildman–Crippen LogP) is 1.71. The van der Waals surface area contributed by atoms with E-state index in [1.807, 2.05) is 44.2 Å². The van der Waals surface area contributed by atoms with Crippen molar-refractivity contribution in [3.63, 3.8) is 0 Å². The molecule has 126 valence electrons. The number of rotatable bonds is 6. The van der Waals surface area contributed by atoms with Crippen molar-refractivity contribution in [3.8, 4) is 0 Å². The third-order valence-electron chi connectivity index (χ3n) is 3.68. The number of nitrogens with one attached hydrogen (secondary N) is 1. The average molecular weight is 327 g/mol. The number of hydrogen-bond donors (Lipinski definition) is 2. The molecule has 0 saturated carbocycles. The van der Waals surface area contributed by atoms with Crippen LogP contribution in [0.3, 0.4) is 0 Å². The second kappa shape index (κ2) is 7.59. The van der Waals surface area contributed by atoms with E-state index in [9.17, 15) is 14.4 Å². The number of primary amides is 1. The van der Waals surface area contributed by atoms with Gasteiger partial charge >= 0.3 is 0 Å². The molecule has 1 heterocycles. The third kappa shape index (κ3) is 4.10. The van der Waals surface area contributed by atoms with Crippen LogP contribution in [-0.4, -0.2) is 16.4 Å². The molecule has 2 amide bonds. The zero-order valence-corrected chi connectivity index (χ0v) is 13.7. The molecule has 0 radical (unpaired) electrons. The van der Waals surface area contributed by atoms with Crippen LogP contribution < -0.4 is 16.6 Å². The quantitative estimate of drug-likeness (QED) is 0.845. The lowest BCUT2D eigenvalue weighted by Crippen LogP contribution is -2.37. The van der Waals surface area contributed by atoms with E-state index in [0.29, 0.717) is 0 Å². The Hall–Kier alpha value is -2.89. The number of amides is 2. The van der Waals surface area contributed by atoms with Gasteiger partial charge in [0.2, 0.25) is 11.8 Å². The lowest BCUT2D eigenvalue weighted by atomic mass is 10.0. The molecule has 1 aromatic heterocycles. The zero-order chi connectivity index (χ0) is 17.7. The molecule has 1 unspecified atom stereocenters. The Kier molecular flexibility index (Phi) is 5.52. The van der Waals surface area contributed by atoms with Gasteiger partial charge in [-0.25, -0.2) is 0 Å². The van der Waals surface area contributed by atoms with Gasteiger partial charge in [0.05, 0.1) is 6.42 Å². The maximum atomic E-state index is 12.5. The maximum absolute atomic E-state index is 12.5. The van der Waals surface area contributed by atoms with E-state index in [1.165, 1.54) is 16.8 Å². The van der Waals surface area contributed by atoms with E-state index in [4.69, 9.17) is 5.73 Å². The average Bonchev–Trinajstić information content (AvgIpc) is 2.51. The minimum Gasteiger partial charge on any atom is -0.368 e. The topological polar surface area (TPSA) is 94.2 Å². The van der Waals surface area contributed by atoms with Crippen LogP contribution in [0.5, 0.6) is 0 Å². The van der Waals surface area contributed by atoms with Gasteiger partial charge in [-0.05, 0) is 23.6 Å². The highest BCUT2D eigenvalue weighted by Gasteiger charge is 2.23. The first kappa shape index (κ1) is 17.5. The highest BCUT2D eigenvalue weighted by atomic mass is 16.2. The fraction of sp³-hybridized carbons (Fsp3) is 0.278.